The molecule has 130 valence electrons. The maximum Gasteiger partial charge on any atom is 0.158 e. The average Bonchev–Trinajstić information content (AvgIpc) is 3.11. The molecule has 0 radical (unpaired) electrons. The SMILES string of the molecule is Cc1c(Cl)cccc1-c1ccc(C[NH2+][C@@H](C)[C@@H](O)c2ccccc2)o1. The Morgan fingerprint density at radius 2 is 1.80 bits per heavy atom. The predicted octanol–water partition coefficient (Wildman–Crippen LogP) is 4.09. The summed E-state index contributed by atoms with van der Waals surface area (Å²) in [6.07, 6.45) is -0.509. The standard InChI is InChI=1S/C21H22ClNO2/c1-14-18(9-6-10-19(14)22)20-12-11-17(25-20)13-23-15(2)21(24)16-7-4-3-5-8-16/h3-12,15,21,23-24H,13H2,1-2H3/p+1/t15-,21+/m0/s1. The molecule has 0 bridgehead atoms. The van der Waals surface area contributed by atoms with Gasteiger partial charge in [-0.25, -0.2) is 0 Å². The van der Waals surface area contributed by atoms with Gasteiger partial charge in [-0.2, -0.15) is 0 Å². The smallest absolute Gasteiger partial charge is 0.158 e. The largest absolute Gasteiger partial charge is 0.455 e. The number of halogens is 1. The second-order valence-corrected chi connectivity index (χ2v) is 6.74. The van der Waals surface area contributed by atoms with Crippen LogP contribution in [0.5, 0.6) is 0 Å². The van der Waals surface area contributed by atoms with Crippen molar-refractivity contribution in [3.63, 3.8) is 0 Å². The summed E-state index contributed by atoms with van der Waals surface area (Å²) in [6, 6.07) is 19.5. The molecule has 0 aliphatic heterocycles. The van der Waals surface area contributed by atoms with Crippen molar-refractivity contribution in [2.24, 2.45) is 0 Å². The van der Waals surface area contributed by atoms with Crippen molar-refractivity contribution in [2.75, 3.05) is 0 Å². The Morgan fingerprint density at radius 1 is 1.04 bits per heavy atom. The van der Waals surface area contributed by atoms with Gasteiger partial charge < -0.3 is 14.8 Å². The second-order valence-electron chi connectivity index (χ2n) is 6.33. The Morgan fingerprint density at radius 3 is 2.56 bits per heavy atom. The van der Waals surface area contributed by atoms with E-state index in [-0.39, 0.29) is 6.04 Å². The quantitative estimate of drug-likeness (QED) is 0.698. The summed E-state index contributed by atoms with van der Waals surface area (Å²) < 4.78 is 5.97. The van der Waals surface area contributed by atoms with Gasteiger partial charge in [0.05, 0.1) is 0 Å². The number of quaternary nitrogens is 1. The van der Waals surface area contributed by atoms with Crippen LogP contribution in [0.4, 0.5) is 0 Å². The van der Waals surface area contributed by atoms with Gasteiger partial charge in [-0.3, -0.25) is 0 Å². The van der Waals surface area contributed by atoms with Crippen molar-refractivity contribution in [2.45, 2.75) is 32.5 Å². The fourth-order valence-electron chi connectivity index (χ4n) is 2.89. The van der Waals surface area contributed by atoms with Crippen LogP contribution in [0.15, 0.2) is 65.1 Å². The van der Waals surface area contributed by atoms with E-state index in [1.807, 2.05) is 74.5 Å². The van der Waals surface area contributed by atoms with Gasteiger partial charge in [0.15, 0.2) is 5.76 Å². The molecule has 0 spiro atoms. The maximum absolute atomic E-state index is 10.4. The number of aliphatic hydroxyl groups is 1. The topological polar surface area (TPSA) is 50.0 Å². The molecule has 2 aromatic carbocycles. The normalized spacial score (nSPS) is 13.6. The van der Waals surface area contributed by atoms with Gasteiger partial charge in [0.2, 0.25) is 0 Å². The summed E-state index contributed by atoms with van der Waals surface area (Å²) in [7, 11) is 0. The molecule has 2 atom stereocenters. The zero-order valence-corrected chi connectivity index (χ0v) is 15.2. The number of furan rings is 1. The van der Waals surface area contributed by atoms with Crippen LogP contribution in [-0.4, -0.2) is 11.1 Å². The Bertz CT molecular complexity index is 829. The van der Waals surface area contributed by atoms with Gasteiger partial charge in [0, 0.05) is 10.6 Å². The molecule has 3 nitrogen and oxygen atoms in total. The lowest BCUT2D eigenvalue weighted by molar-refractivity contribution is -0.710. The Labute approximate surface area is 153 Å². The van der Waals surface area contributed by atoms with E-state index in [2.05, 4.69) is 5.32 Å². The van der Waals surface area contributed by atoms with Gasteiger partial charge in [-0.05, 0) is 43.2 Å². The van der Waals surface area contributed by atoms with E-state index in [0.717, 1.165) is 33.2 Å². The summed E-state index contributed by atoms with van der Waals surface area (Å²) in [5.41, 5.74) is 2.96. The predicted molar refractivity (Wildman–Crippen MR) is 100 cm³/mol. The summed E-state index contributed by atoms with van der Waals surface area (Å²) >= 11 is 6.19. The summed E-state index contributed by atoms with van der Waals surface area (Å²) in [4.78, 5) is 0. The van der Waals surface area contributed by atoms with E-state index >= 15 is 0 Å². The minimum atomic E-state index is -0.509. The molecule has 0 unspecified atom stereocenters. The van der Waals surface area contributed by atoms with E-state index < -0.39 is 6.10 Å². The van der Waals surface area contributed by atoms with Gasteiger partial charge in [-0.15, -0.1) is 0 Å². The fraction of sp³-hybridized carbons (Fsp3) is 0.238. The van der Waals surface area contributed by atoms with Crippen LogP contribution >= 0.6 is 11.6 Å². The van der Waals surface area contributed by atoms with Gasteiger partial charge in [0.25, 0.3) is 0 Å². The van der Waals surface area contributed by atoms with Crippen LogP contribution in [0, 0.1) is 6.92 Å². The minimum Gasteiger partial charge on any atom is -0.455 e. The monoisotopic (exact) mass is 356 g/mol. The fourth-order valence-corrected chi connectivity index (χ4v) is 3.07. The van der Waals surface area contributed by atoms with Crippen molar-refractivity contribution in [3.8, 4) is 11.3 Å². The van der Waals surface area contributed by atoms with Gasteiger partial charge in [-0.1, -0.05) is 54.1 Å². The molecule has 0 aliphatic carbocycles. The third kappa shape index (κ3) is 4.13. The molecular formula is C21H23ClNO2+. The van der Waals surface area contributed by atoms with E-state index in [1.54, 1.807) is 0 Å². The molecule has 25 heavy (non-hydrogen) atoms. The van der Waals surface area contributed by atoms with Crippen molar-refractivity contribution in [3.05, 3.63) is 82.6 Å². The highest BCUT2D eigenvalue weighted by molar-refractivity contribution is 6.31. The lowest BCUT2D eigenvalue weighted by atomic mass is 10.0. The molecule has 3 rings (SSSR count). The van der Waals surface area contributed by atoms with Crippen LogP contribution in [-0.2, 0) is 6.54 Å². The average molecular weight is 357 g/mol. The number of benzene rings is 2. The van der Waals surface area contributed by atoms with Crippen molar-refractivity contribution >= 4 is 11.6 Å². The molecule has 3 aromatic rings. The van der Waals surface area contributed by atoms with Gasteiger partial charge in [0.1, 0.15) is 24.5 Å². The van der Waals surface area contributed by atoms with E-state index in [1.165, 1.54) is 0 Å². The molecular weight excluding hydrogens is 334 g/mol. The summed E-state index contributed by atoms with van der Waals surface area (Å²) in [5, 5.41) is 13.3. The molecule has 1 aromatic heterocycles. The lowest BCUT2D eigenvalue weighted by Crippen LogP contribution is -2.88. The molecule has 1 heterocycles. The molecule has 0 aliphatic rings. The highest BCUT2D eigenvalue weighted by Crippen LogP contribution is 2.29. The van der Waals surface area contributed by atoms with E-state index in [4.69, 9.17) is 16.0 Å². The minimum absolute atomic E-state index is 0.0313. The van der Waals surface area contributed by atoms with Crippen LogP contribution in [0.25, 0.3) is 11.3 Å². The molecule has 0 saturated heterocycles. The number of nitrogens with two attached hydrogens (primary N) is 1. The highest BCUT2D eigenvalue weighted by atomic mass is 35.5. The number of aliphatic hydroxyl groups excluding tert-OH is 1. The molecule has 0 amide bonds. The molecule has 0 fully saturated rings. The maximum atomic E-state index is 10.4. The third-order valence-corrected chi connectivity index (χ3v) is 4.93. The number of hydrogen-bond acceptors (Lipinski definition) is 2. The Hall–Kier alpha value is -2.07. The van der Waals surface area contributed by atoms with Crippen molar-refractivity contribution in [1.82, 2.24) is 0 Å². The second kappa shape index (κ2) is 7.87. The van der Waals surface area contributed by atoms with Crippen LogP contribution in [0.2, 0.25) is 5.02 Å². The van der Waals surface area contributed by atoms with Crippen LogP contribution in [0.1, 0.15) is 29.9 Å². The third-order valence-electron chi connectivity index (χ3n) is 4.52. The molecule has 4 heteroatoms. The van der Waals surface area contributed by atoms with Crippen LogP contribution < -0.4 is 5.32 Å². The first-order valence-corrected chi connectivity index (χ1v) is 8.84. The van der Waals surface area contributed by atoms with Crippen molar-refractivity contribution in [1.29, 1.82) is 0 Å². The van der Waals surface area contributed by atoms with E-state index in [9.17, 15) is 5.11 Å². The highest BCUT2D eigenvalue weighted by Gasteiger charge is 2.19. The Balaban J connectivity index is 1.65. The zero-order chi connectivity index (χ0) is 17.8. The molecule has 0 saturated carbocycles. The first-order valence-electron chi connectivity index (χ1n) is 8.47. The molecule has 3 N–H and O–H groups in total. The first kappa shape index (κ1) is 17.7. The summed E-state index contributed by atoms with van der Waals surface area (Å²) in [6.45, 7) is 4.68. The van der Waals surface area contributed by atoms with Gasteiger partial charge >= 0.3 is 0 Å². The number of rotatable bonds is 6. The van der Waals surface area contributed by atoms with E-state index in [0.29, 0.717) is 6.54 Å². The lowest BCUT2D eigenvalue weighted by Gasteiger charge is -2.17. The zero-order valence-electron chi connectivity index (χ0n) is 14.4. The summed E-state index contributed by atoms with van der Waals surface area (Å²) in [5.74, 6) is 1.70. The van der Waals surface area contributed by atoms with Crippen molar-refractivity contribution < 1.29 is 14.8 Å². The first-order chi connectivity index (χ1) is 12.1. The Kier molecular flexibility index (Phi) is 5.59. The number of hydrogen-bond donors (Lipinski definition) is 2. The van der Waals surface area contributed by atoms with Crippen LogP contribution in [0.3, 0.4) is 0 Å².